The van der Waals surface area contributed by atoms with Gasteiger partial charge in [-0.3, -0.25) is 9.69 Å². The van der Waals surface area contributed by atoms with Crippen LogP contribution in [0.1, 0.15) is 25.0 Å². The number of ether oxygens (including phenoxy) is 2. The summed E-state index contributed by atoms with van der Waals surface area (Å²) in [6, 6.07) is 3.29. The molecule has 0 spiro atoms. The van der Waals surface area contributed by atoms with E-state index in [1.807, 2.05) is 25.7 Å². The molecule has 0 saturated carbocycles. The number of amides is 1. The molecule has 168 valence electrons. The van der Waals surface area contributed by atoms with Gasteiger partial charge in [0.1, 0.15) is 24.1 Å². The van der Waals surface area contributed by atoms with E-state index in [-0.39, 0.29) is 18.2 Å². The second kappa shape index (κ2) is 10.2. The predicted octanol–water partition coefficient (Wildman–Crippen LogP) is -0.145. The summed E-state index contributed by atoms with van der Waals surface area (Å²) in [4.78, 5) is 25.6. The zero-order valence-electron chi connectivity index (χ0n) is 17.5. The Labute approximate surface area is 175 Å². The molecule has 2 rings (SSSR count). The minimum Gasteiger partial charge on any atom is -0.479 e. The molecule has 0 aromatic heterocycles. The Hall–Kier alpha value is -2.24. The first-order valence-corrected chi connectivity index (χ1v) is 9.82. The third-order valence-corrected chi connectivity index (χ3v) is 5.21. The van der Waals surface area contributed by atoms with E-state index < -0.39 is 36.7 Å². The lowest BCUT2D eigenvalue weighted by Gasteiger charge is -2.38. The number of carboxylic acid groups (broad SMARTS) is 1. The van der Waals surface area contributed by atoms with Gasteiger partial charge in [-0.05, 0) is 38.6 Å². The maximum Gasteiger partial charge on any atom is 0.335 e. The SMILES string of the molecule is CCN(CC)CC(=O)Nc1c(C)ccc(O[C@@H]2O[C@H](C(=O)O)[C@@H](O)[C@H](O)[C@H]2O)c1C. The predicted molar refractivity (Wildman–Crippen MR) is 107 cm³/mol. The van der Waals surface area contributed by atoms with Crippen LogP contribution >= 0.6 is 0 Å². The molecule has 1 aliphatic rings. The molecule has 10 heteroatoms. The Morgan fingerprint density at radius 3 is 2.30 bits per heavy atom. The van der Waals surface area contributed by atoms with Gasteiger partial charge in [0, 0.05) is 5.56 Å². The first-order chi connectivity index (χ1) is 14.1. The van der Waals surface area contributed by atoms with E-state index in [0.717, 1.165) is 18.7 Å². The van der Waals surface area contributed by atoms with Crippen molar-refractivity contribution in [3.05, 3.63) is 23.3 Å². The highest BCUT2D eigenvalue weighted by molar-refractivity contribution is 5.94. The molecule has 10 nitrogen and oxygen atoms in total. The smallest absolute Gasteiger partial charge is 0.335 e. The van der Waals surface area contributed by atoms with Gasteiger partial charge < -0.3 is 35.2 Å². The number of likely N-dealkylation sites (N-methyl/N-ethyl adjacent to an activating group) is 1. The van der Waals surface area contributed by atoms with Crippen molar-refractivity contribution in [3.8, 4) is 5.75 Å². The summed E-state index contributed by atoms with van der Waals surface area (Å²) in [7, 11) is 0. The van der Waals surface area contributed by atoms with Gasteiger partial charge in [0.05, 0.1) is 12.2 Å². The van der Waals surface area contributed by atoms with Crippen LogP contribution in [0.15, 0.2) is 12.1 Å². The van der Waals surface area contributed by atoms with Crippen LogP contribution in [0.2, 0.25) is 0 Å². The minimum absolute atomic E-state index is 0.194. The van der Waals surface area contributed by atoms with Gasteiger partial charge in [-0.15, -0.1) is 0 Å². The zero-order valence-corrected chi connectivity index (χ0v) is 17.5. The number of rotatable bonds is 8. The fourth-order valence-electron chi connectivity index (χ4n) is 3.25. The number of aryl methyl sites for hydroxylation is 1. The number of benzene rings is 1. The van der Waals surface area contributed by atoms with Crippen LogP contribution in [0.5, 0.6) is 5.75 Å². The third kappa shape index (κ3) is 5.27. The molecule has 30 heavy (non-hydrogen) atoms. The normalized spacial score (nSPS) is 26.5. The van der Waals surface area contributed by atoms with Crippen LogP contribution in [0.3, 0.4) is 0 Å². The highest BCUT2D eigenvalue weighted by Gasteiger charge is 2.48. The first kappa shape index (κ1) is 24.0. The Morgan fingerprint density at radius 1 is 1.10 bits per heavy atom. The van der Waals surface area contributed by atoms with Crippen molar-refractivity contribution in [3.63, 3.8) is 0 Å². The number of hydrogen-bond acceptors (Lipinski definition) is 8. The van der Waals surface area contributed by atoms with Gasteiger partial charge in [0.15, 0.2) is 6.10 Å². The van der Waals surface area contributed by atoms with E-state index in [2.05, 4.69) is 5.32 Å². The van der Waals surface area contributed by atoms with Gasteiger partial charge in [-0.1, -0.05) is 19.9 Å². The largest absolute Gasteiger partial charge is 0.479 e. The van der Waals surface area contributed by atoms with Crippen LogP contribution in [0.4, 0.5) is 5.69 Å². The molecule has 0 unspecified atom stereocenters. The molecule has 1 aromatic rings. The summed E-state index contributed by atoms with van der Waals surface area (Å²) >= 11 is 0. The number of anilines is 1. The molecule has 1 amide bonds. The summed E-state index contributed by atoms with van der Waals surface area (Å²) in [5.74, 6) is -1.46. The number of carbonyl (C=O) groups is 2. The number of carbonyl (C=O) groups excluding carboxylic acids is 1. The maximum absolute atomic E-state index is 12.4. The van der Waals surface area contributed by atoms with E-state index in [4.69, 9.17) is 14.6 Å². The van der Waals surface area contributed by atoms with Gasteiger partial charge in [0.25, 0.3) is 0 Å². The van der Waals surface area contributed by atoms with Crippen molar-refractivity contribution in [2.45, 2.75) is 58.4 Å². The molecule has 1 fully saturated rings. The Kier molecular flexibility index (Phi) is 8.16. The number of hydrogen-bond donors (Lipinski definition) is 5. The topological polar surface area (TPSA) is 149 Å². The Morgan fingerprint density at radius 2 is 1.73 bits per heavy atom. The van der Waals surface area contributed by atoms with Crippen molar-refractivity contribution < 1.29 is 39.5 Å². The van der Waals surface area contributed by atoms with E-state index in [0.29, 0.717) is 11.3 Å². The summed E-state index contributed by atoms with van der Waals surface area (Å²) in [5.41, 5.74) is 1.87. The van der Waals surface area contributed by atoms with Crippen LogP contribution < -0.4 is 10.1 Å². The average molecular weight is 426 g/mol. The molecule has 1 aliphatic heterocycles. The van der Waals surface area contributed by atoms with E-state index in [1.54, 1.807) is 19.1 Å². The van der Waals surface area contributed by atoms with Gasteiger partial charge in [-0.25, -0.2) is 4.79 Å². The summed E-state index contributed by atoms with van der Waals surface area (Å²) in [6.45, 7) is 9.15. The molecule has 1 saturated heterocycles. The molecule has 1 aromatic carbocycles. The van der Waals surface area contributed by atoms with E-state index >= 15 is 0 Å². The van der Waals surface area contributed by atoms with Crippen LogP contribution in [-0.2, 0) is 14.3 Å². The fourth-order valence-corrected chi connectivity index (χ4v) is 3.25. The number of aliphatic carboxylic acids is 1. The Bertz CT molecular complexity index is 767. The number of carboxylic acids is 1. The van der Waals surface area contributed by atoms with E-state index in [9.17, 15) is 24.9 Å². The number of nitrogens with zero attached hydrogens (tertiary/aromatic N) is 1. The lowest BCUT2D eigenvalue weighted by Crippen LogP contribution is -2.61. The Balaban J connectivity index is 2.21. The van der Waals surface area contributed by atoms with Crippen molar-refractivity contribution in [2.75, 3.05) is 25.0 Å². The monoisotopic (exact) mass is 426 g/mol. The highest BCUT2D eigenvalue weighted by Crippen LogP contribution is 2.32. The fraction of sp³-hybridized carbons (Fsp3) is 0.600. The van der Waals surface area contributed by atoms with Crippen molar-refractivity contribution in [1.29, 1.82) is 0 Å². The molecular formula is C20H30N2O8. The van der Waals surface area contributed by atoms with Crippen LogP contribution in [0.25, 0.3) is 0 Å². The summed E-state index contributed by atoms with van der Waals surface area (Å²) in [5, 5.41) is 41.9. The number of aliphatic hydroxyl groups is 3. The summed E-state index contributed by atoms with van der Waals surface area (Å²) in [6.07, 6.45) is -8.51. The second-order valence-electron chi connectivity index (χ2n) is 7.24. The van der Waals surface area contributed by atoms with Crippen molar-refractivity contribution >= 4 is 17.6 Å². The summed E-state index contributed by atoms with van der Waals surface area (Å²) < 4.78 is 10.8. The minimum atomic E-state index is -1.80. The highest BCUT2D eigenvalue weighted by atomic mass is 16.7. The second-order valence-corrected chi connectivity index (χ2v) is 7.24. The molecule has 5 N–H and O–H groups in total. The quantitative estimate of drug-likeness (QED) is 0.383. The standard InChI is InChI=1S/C20H30N2O8/c1-5-22(6-2)9-13(23)21-14-10(3)7-8-12(11(14)4)29-20-17(26)15(24)16(25)18(30-20)19(27)28/h7-8,15-18,20,24-26H,5-6,9H2,1-4H3,(H,21,23)(H,27,28)/t15-,16-,17+,18-,20+/m0/s1. The number of aliphatic hydroxyl groups excluding tert-OH is 3. The zero-order chi connectivity index (χ0) is 22.6. The van der Waals surface area contributed by atoms with Crippen LogP contribution in [-0.4, -0.2) is 87.5 Å². The molecule has 0 radical (unpaired) electrons. The maximum atomic E-state index is 12.4. The number of nitrogens with one attached hydrogen (secondary N) is 1. The lowest BCUT2D eigenvalue weighted by atomic mass is 9.99. The van der Waals surface area contributed by atoms with Gasteiger partial charge >= 0.3 is 5.97 Å². The van der Waals surface area contributed by atoms with Crippen LogP contribution in [0, 0.1) is 13.8 Å². The molecule has 1 heterocycles. The molecule has 0 aliphatic carbocycles. The third-order valence-electron chi connectivity index (χ3n) is 5.21. The molecule has 5 atom stereocenters. The molecule has 0 bridgehead atoms. The van der Waals surface area contributed by atoms with E-state index in [1.165, 1.54) is 0 Å². The lowest BCUT2D eigenvalue weighted by molar-refractivity contribution is -0.271. The molecular weight excluding hydrogens is 396 g/mol. The van der Waals surface area contributed by atoms with Gasteiger partial charge in [-0.2, -0.15) is 0 Å². The van der Waals surface area contributed by atoms with Gasteiger partial charge in [0.2, 0.25) is 12.2 Å². The average Bonchev–Trinajstić information content (AvgIpc) is 2.71. The van der Waals surface area contributed by atoms with Crippen molar-refractivity contribution in [1.82, 2.24) is 4.90 Å². The van der Waals surface area contributed by atoms with Crippen molar-refractivity contribution in [2.24, 2.45) is 0 Å². The first-order valence-electron chi connectivity index (χ1n) is 9.82.